The number of carbonyl (C=O) groups excluding carboxylic acids is 2. The van der Waals surface area contributed by atoms with Gasteiger partial charge in [-0.05, 0) is 25.5 Å². The summed E-state index contributed by atoms with van der Waals surface area (Å²) in [5.74, 6) is -1.06. The zero-order chi connectivity index (χ0) is 18.7. The van der Waals surface area contributed by atoms with E-state index in [2.05, 4.69) is 10.4 Å². The summed E-state index contributed by atoms with van der Waals surface area (Å²) < 4.78 is 12.0. The van der Waals surface area contributed by atoms with Gasteiger partial charge in [0.25, 0.3) is 5.91 Å². The normalized spacial score (nSPS) is 10.6. The minimum Gasteiger partial charge on any atom is -0.457 e. The number of aromatic nitrogens is 2. The van der Waals surface area contributed by atoms with Crippen LogP contribution in [0.5, 0.6) is 0 Å². The Bertz CT molecular complexity index is 941. The SMILES string of the molecule is Cc1nn(C)c(C)c1NC(=O)COC(=O)c1occc1-c1ccccc1. The van der Waals surface area contributed by atoms with Crippen LogP contribution >= 0.6 is 0 Å². The third kappa shape index (κ3) is 3.51. The maximum Gasteiger partial charge on any atom is 0.375 e. The highest BCUT2D eigenvalue weighted by Crippen LogP contribution is 2.25. The number of furan rings is 1. The van der Waals surface area contributed by atoms with E-state index in [0.717, 1.165) is 11.3 Å². The van der Waals surface area contributed by atoms with Crippen molar-refractivity contribution < 1.29 is 18.7 Å². The van der Waals surface area contributed by atoms with Gasteiger partial charge in [-0.1, -0.05) is 30.3 Å². The summed E-state index contributed by atoms with van der Waals surface area (Å²) in [6, 6.07) is 11.0. The first-order chi connectivity index (χ1) is 12.5. The fourth-order valence-corrected chi connectivity index (χ4v) is 2.64. The van der Waals surface area contributed by atoms with Crippen molar-refractivity contribution in [3.63, 3.8) is 0 Å². The van der Waals surface area contributed by atoms with E-state index in [0.29, 0.717) is 16.9 Å². The zero-order valence-electron chi connectivity index (χ0n) is 14.8. The number of amides is 1. The smallest absolute Gasteiger partial charge is 0.375 e. The van der Waals surface area contributed by atoms with Gasteiger partial charge < -0.3 is 14.5 Å². The van der Waals surface area contributed by atoms with Crippen LogP contribution in [0, 0.1) is 13.8 Å². The molecule has 3 aromatic rings. The van der Waals surface area contributed by atoms with Crippen LogP contribution in [0.1, 0.15) is 21.9 Å². The molecule has 134 valence electrons. The van der Waals surface area contributed by atoms with Gasteiger partial charge >= 0.3 is 5.97 Å². The molecule has 7 nitrogen and oxygen atoms in total. The van der Waals surface area contributed by atoms with Crippen LogP contribution in [0.25, 0.3) is 11.1 Å². The minimum absolute atomic E-state index is 0.0674. The number of nitrogens with zero attached hydrogens (tertiary/aromatic N) is 2. The number of nitrogens with one attached hydrogen (secondary N) is 1. The van der Waals surface area contributed by atoms with Gasteiger partial charge in [0.15, 0.2) is 6.61 Å². The molecule has 3 rings (SSSR count). The van der Waals surface area contributed by atoms with Crippen LogP contribution < -0.4 is 5.32 Å². The minimum atomic E-state index is -0.691. The molecule has 0 aliphatic rings. The first-order valence-electron chi connectivity index (χ1n) is 8.07. The number of esters is 1. The lowest BCUT2D eigenvalue weighted by molar-refractivity contribution is -0.119. The molecule has 0 aliphatic carbocycles. The van der Waals surface area contributed by atoms with Crippen molar-refractivity contribution in [1.29, 1.82) is 0 Å². The van der Waals surface area contributed by atoms with Gasteiger partial charge in [0.05, 0.1) is 23.3 Å². The predicted octanol–water partition coefficient (Wildman–Crippen LogP) is 3.09. The average Bonchev–Trinajstić information content (AvgIpc) is 3.21. The maximum absolute atomic E-state index is 12.3. The van der Waals surface area contributed by atoms with E-state index in [4.69, 9.17) is 9.15 Å². The van der Waals surface area contributed by atoms with Gasteiger partial charge in [0, 0.05) is 12.6 Å². The van der Waals surface area contributed by atoms with Gasteiger partial charge in [-0.3, -0.25) is 9.48 Å². The van der Waals surface area contributed by atoms with Gasteiger partial charge in [-0.25, -0.2) is 4.79 Å². The summed E-state index contributed by atoms with van der Waals surface area (Å²) in [4.78, 5) is 24.4. The molecule has 0 atom stereocenters. The second-order valence-electron chi connectivity index (χ2n) is 5.82. The third-order valence-electron chi connectivity index (χ3n) is 4.04. The zero-order valence-corrected chi connectivity index (χ0v) is 14.8. The standard InChI is InChI=1S/C19H19N3O4/c1-12-17(13(2)22(3)21-12)20-16(23)11-26-19(24)18-15(9-10-25-18)14-7-5-4-6-8-14/h4-10H,11H2,1-3H3,(H,20,23). The van der Waals surface area contributed by atoms with Gasteiger partial charge in [-0.15, -0.1) is 0 Å². The second-order valence-corrected chi connectivity index (χ2v) is 5.82. The Morgan fingerprint density at radius 3 is 2.58 bits per heavy atom. The van der Waals surface area contributed by atoms with E-state index < -0.39 is 18.5 Å². The molecule has 0 aliphatic heterocycles. The number of ether oxygens (including phenoxy) is 1. The summed E-state index contributed by atoms with van der Waals surface area (Å²) in [5, 5.41) is 6.94. The number of hydrogen-bond donors (Lipinski definition) is 1. The molecule has 26 heavy (non-hydrogen) atoms. The summed E-state index contributed by atoms with van der Waals surface area (Å²) >= 11 is 0. The largest absolute Gasteiger partial charge is 0.457 e. The molecule has 1 N–H and O–H groups in total. The fraction of sp³-hybridized carbons (Fsp3) is 0.211. The van der Waals surface area contributed by atoms with E-state index >= 15 is 0 Å². The third-order valence-corrected chi connectivity index (χ3v) is 4.04. The molecule has 1 aromatic carbocycles. The van der Waals surface area contributed by atoms with Crippen molar-refractivity contribution in [2.75, 3.05) is 11.9 Å². The Balaban J connectivity index is 1.65. The predicted molar refractivity (Wildman–Crippen MR) is 95.7 cm³/mol. The monoisotopic (exact) mass is 353 g/mol. The molecule has 0 spiro atoms. The molecule has 0 saturated heterocycles. The number of rotatable bonds is 5. The summed E-state index contributed by atoms with van der Waals surface area (Å²) in [7, 11) is 1.79. The molecule has 7 heteroatoms. The molecule has 2 heterocycles. The number of hydrogen-bond acceptors (Lipinski definition) is 5. The van der Waals surface area contributed by atoms with Crippen LogP contribution in [0.3, 0.4) is 0 Å². The first-order valence-corrected chi connectivity index (χ1v) is 8.07. The maximum atomic E-state index is 12.3. The Hall–Kier alpha value is -3.35. The van der Waals surface area contributed by atoms with E-state index in [1.54, 1.807) is 24.7 Å². The average molecular weight is 353 g/mol. The van der Waals surface area contributed by atoms with Crippen molar-refractivity contribution in [2.45, 2.75) is 13.8 Å². The molecule has 0 fully saturated rings. The molecule has 1 amide bonds. The number of anilines is 1. The van der Waals surface area contributed by atoms with Crippen molar-refractivity contribution in [1.82, 2.24) is 9.78 Å². The van der Waals surface area contributed by atoms with Gasteiger partial charge in [0.2, 0.25) is 5.76 Å². The molecular weight excluding hydrogens is 334 g/mol. The molecule has 0 saturated carbocycles. The topological polar surface area (TPSA) is 86.4 Å². The van der Waals surface area contributed by atoms with Crippen LogP contribution in [0.15, 0.2) is 47.1 Å². The summed E-state index contributed by atoms with van der Waals surface area (Å²) in [6.45, 7) is 3.22. The fourth-order valence-electron chi connectivity index (χ4n) is 2.64. The molecular formula is C19H19N3O4. The van der Waals surface area contributed by atoms with Crippen molar-refractivity contribution in [3.05, 3.63) is 59.8 Å². The lowest BCUT2D eigenvalue weighted by atomic mass is 10.1. The van der Waals surface area contributed by atoms with Crippen molar-refractivity contribution in [2.24, 2.45) is 7.05 Å². The highest BCUT2D eigenvalue weighted by atomic mass is 16.5. The van der Waals surface area contributed by atoms with Crippen LogP contribution in [-0.4, -0.2) is 28.3 Å². The Kier molecular flexibility index (Phi) is 4.88. The van der Waals surface area contributed by atoms with E-state index in [1.165, 1.54) is 6.26 Å². The Morgan fingerprint density at radius 1 is 1.19 bits per heavy atom. The molecule has 2 aromatic heterocycles. The Morgan fingerprint density at radius 2 is 1.92 bits per heavy atom. The molecule has 0 unspecified atom stereocenters. The van der Waals surface area contributed by atoms with E-state index in [1.807, 2.05) is 37.3 Å². The second kappa shape index (κ2) is 7.26. The summed E-state index contributed by atoms with van der Waals surface area (Å²) in [5.41, 5.74) is 3.59. The van der Waals surface area contributed by atoms with Gasteiger partial charge in [-0.2, -0.15) is 5.10 Å². The molecule has 0 radical (unpaired) electrons. The quantitative estimate of drug-likeness (QED) is 0.712. The first kappa shape index (κ1) is 17.5. The van der Waals surface area contributed by atoms with E-state index in [-0.39, 0.29) is 5.76 Å². The van der Waals surface area contributed by atoms with E-state index in [9.17, 15) is 9.59 Å². The molecule has 0 bridgehead atoms. The van der Waals surface area contributed by atoms with Crippen molar-refractivity contribution in [3.8, 4) is 11.1 Å². The van der Waals surface area contributed by atoms with Crippen molar-refractivity contribution >= 4 is 17.6 Å². The number of carbonyl (C=O) groups is 2. The highest BCUT2D eigenvalue weighted by molar-refractivity contribution is 5.98. The van der Waals surface area contributed by atoms with Crippen LogP contribution in [0.4, 0.5) is 5.69 Å². The Labute approximate surface area is 150 Å². The van der Waals surface area contributed by atoms with Crippen LogP contribution in [-0.2, 0) is 16.6 Å². The van der Waals surface area contributed by atoms with Crippen LogP contribution in [0.2, 0.25) is 0 Å². The number of aryl methyl sites for hydroxylation is 2. The number of benzene rings is 1. The summed E-state index contributed by atoms with van der Waals surface area (Å²) in [6.07, 6.45) is 1.42. The highest BCUT2D eigenvalue weighted by Gasteiger charge is 2.20. The lowest BCUT2D eigenvalue weighted by Gasteiger charge is -2.07. The lowest BCUT2D eigenvalue weighted by Crippen LogP contribution is -2.21. The van der Waals surface area contributed by atoms with Gasteiger partial charge in [0.1, 0.15) is 0 Å².